The second-order valence-corrected chi connectivity index (χ2v) is 7.41. The molecule has 0 saturated carbocycles. The molecule has 0 aliphatic carbocycles. The molecule has 2 aromatic rings. The van der Waals surface area contributed by atoms with Crippen LogP contribution in [0.1, 0.15) is 13.8 Å². The molecule has 1 aliphatic rings. The number of hydrogen-bond acceptors (Lipinski definition) is 7. The van der Waals surface area contributed by atoms with E-state index in [1.54, 1.807) is 13.4 Å². The highest BCUT2D eigenvalue weighted by molar-refractivity contribution is 7.99. The molecule has 27 heavy (non-hydrogen) atoms. The molecule has 0 bridgehead atoms. The van der Waals surface area contributed by atoms with Crippen LogP contribution in [0.5, 0.6) is 5.75 Å². The van der Waals surface area contributed by atoms with Gasteiger partial charge in [-0.2, -0.15) is 0 Å². The summed E-state index contributed by atoms with van der Waals surface area (Å²) in [7, 11) is 1.58. The number of para-hydroxylation sites is 2. The van der Waals surface area contributed by atoms with Crippen molar-refractivity contribution in [1.29, 1.82) is 0 Å². The fourth-order valence-electron chi connectivity index (χ4n) is 3.02. The van der Waals surface area contributed by atoms with Gasteiger partial charge in [-0.25, -0.2) is 9.97 Å². The average Bonchev–Trinajstić information content (AvgIpc) is 2.66. The van der Waals surface area contributed by atoms with Gasteiger partial charge in [0.1, 0.15) is 22.9 Å². The number of hydrogen-bond donors (Lipinski definition) is 1. The van der Waals surface area contributed by atoms with Crippen molar-refractivity contribution in [1.82, 2.24) is 9.97 Å². The second-order valence-electron chi connectivity index (χ2n) is 6.41. The van der Waals surface area contributed by atoms with Crippen LogP contribution in [0.15, 0.2) is 41.7 Å². The molecule has 1 aromatic carbocycles. The molecule has 2 unspecified atom stereocenters. The summed E-state index contributed by atoms with van der Waals surface area (Å²) in [6.07, 6.45) is 1.86. The number of nitrogens with one attached hydrogen (secondary N) is 1. The van der Waals surface area contributed by atoms with Crippen LogP contribution in [-0.4, -0.2) is 54.0 Å². The maximum atomic E-state index is 12.3. The van der Waals surface area contributed by atoms with E-state index >= 15 is 0 Å². The number of aromatic nitrogens is 2. The zero-order chi connectivity index (χ0) is 19.2. The smallest absolute Gasteiger partial charge is 0.234 e. The number of rotatable bonds is 6. The van der Waals surface area contributed by atoms with E-state index in [0.717, 1.165) is 23.9 Å². The highest BCUT2D eigenvalue weighted by Gasteiger charge is 2.23. The largest absolute Gasteiger partial charge is 0.495 e. The number of nitrogens with zero attached hydrogens (tertiary/aromatic N) is 3. The molecular weight excluding hydrogens is 364 g/mol. The molecule has 144 valence electrons. The third-order valence-electron chi connectivity index (χ3n) is 4.10. The Morgan fingerprint density at radius 3 is 2.78 bits per heavy atom. The first-order valence-electron chi connectivity index (χ1n) is 8.83. The van der Waals surface area contributed by atoms with Gasteiger partial charge in [0, 0.05) is 19.2 Å². The zero-order valence-corrected chi connectivity index (χ0v) is 16.5. The number of ether oxygens (including phenoxy) is 2. The van der Waals surface area contributed by atoms with Crippen LogP contribution in [0.3, 0.4) is 0 Å². The lowest BCUT2D eigenvalue weighted by atomic mass is 10.2. The number of amides is 1. The van der Waals surface area contributed by atoms with Gasteiger partial charge in [0.05, 0.1) is 30.8 Å². The van der Waals surface area contributed by atoms with E-state index in [1.165, 1.54) is 11.8 Å². The minimum atomic E-state index is -0.113. The Labute approximate surface area is 163 Å². The molecule has 2 heterocycles. The molecule has 7 nitrogen and oxygen atoms in total. The van der Waals surface area contributed by atoms with Crippen LogP contribution < -0.4 is 15.0 Å². The molecule has 1 aromatic heterocycles. The summed E-state index contributed by atoms with van der Waals surface area (Å²) < 4.78 is 11.0. The summed E-state index contributed by atoms with van der Waals surface area (Å²) in [5.41, 5.74) is 0.658. The van der Waals surface area contributed by atoms with Crippen LogP contribution in [-0.2, 0) is 9.53 Å². The Bertz CT molecular complexity index is 779. The van der Waals surface area contributed by atoms with Crippen LogP contribution in [0.4, 0.5) is 11.5 Å². The van der Waals surface area contributed by atoms with Crippen molar-refractivity contribution in [2.75, 3.05) is 36.2 Å². The van der Waals surface area contributed by atoms with Gasteiger partial charge in [0.15, 0.2) is 0 Å². The molecule has 1 saturated heterocycles. The van der Waals surface area contributed by atoms with Gasteiger partial charge in [0.2, 0.25) is 5.91 Å². The SMILES string of the molecule is COc1ccccc1NC(=O)CSc1cc(N2CC(C)OC(C)C2)ncn1. The lowest BCUT2D eigenvalue weighted by Gasteiger charge is -2.36. The summed E-state index contributed by atoms with van der Waals surface area (Å²) in [4.78, 5) is 23.1. The Kier molecular flexibility index (Phi) is 6.52. The van der Waals surface area contributed by atoms with E-state index in [-0.39, 0.29) is 23.9 Å². The van der Waals surface area contributed by atoms with E-state index in [9.17, 15) is 4.79 Å². The lowest BCUT2D eigenvalue weighted by Crippen LogP contribution is -2.45. The summed E-state index contributed by atoms with van der Waals surface area (Å²) in [6, 6.07) is 9.26. The van der Waals surface area contributed by atoms with Gasteiger partial charge in [-0.15, -0.1) is 0 Å². The first-order chi connectivity index (χ1) is 13.0. The van der Waals surface area contributed by atoms with Crippen LogP contribution >= 0.6 is 11.8 Å². The van der Waals surface area contributed by atoms with E-state index in [1.807, 2.05) is 30.3 Å². The van der Waals surface area contributed by atoms with Crippen molar-refractivity contribution in [2.45, 2.75) is 31.1 Å². The van der Waals surface area contributed by atoms with E-state index < -0.39 is 0 Å². The Morgan fingerprint density at radius 2 is 2.04 bits per heavy atom. The van der Waals surface area contributed by atoms with E-state index in [2.05, 4.69) is 34.0 Å². The van der Waals surface area contributed by atoms with E-state index in [4.69, 9.17) is 9.47 Å². The highest BCUT2D eigenvalue weighted by atomic mass is 32.2. The van der Waals surface area contributed by atoms with Crippen molar-refractivity contribution in [3.63, 3.8) is 0 Å². The molecule has 3 rings (SSSR count). The topological polar surface area (TPSA) is 76.6 Å². The third kappa shape index (κ3) is 5.33. The zero-order valence-electron chi connectivity index (χ0n) is 15.7. The molecule has 1 fully saturated rings. The molecule has 2 atom stereocenters. The van der Waals surface area contributed by atoms with Crippen molar-refractivity contribution in [3.05, 3.63) is 36.7 Å². The highest BCUT2D eigenvalue weighted by Crippen LogP contribution is 2.25. The fraction of sp³-hybridized carbons (Fsp3) is 0.421. The van der Waals surface area contributed by atoms with Gasteiger partial charge in [-0.05, 0) is 26.0 Å². The molecule has 0 radical (unpaired) electrons. The van der Waals surface area contributed by atoms with Crippen molar-refractivity contribution in [2.24, 2.45) is 0 Å². The third-order valence-corrected chi connectivity index (χ3v) is 5.03. The van der Waals surface area contributed by atoms with Crippen LogP contribution in [0.2, 0.25) is 0 Å². The first-order valence-corrected chi connectivity index (χ1v) is 9.82. The Hall–Kier alpha value is -2.32. The molecule has 1 amide bonds. The predicted octanol–water partition coefficient (Wildman–Crippen LogP) is 2.83. The number of anilines is 2. The number of morpholine rings is 1. The standard InChI is InChI=1S/C19H24N4O3S/c1-13-9-23(10-14(2)26-13)17-8-19(21-12-20-17)27-11-18(24)22-15-6-4-5-7-16(15)25-3/h4-8,12-14H,9-11H2,1-3H3,(H,22,24). The van der Waals surface area contributed by atoms with Gasteiger partial charge in [0.25, 0.3) is 0 Å². The quantitative estimate of drug-likeness (QED) is 0.602. The number of thioether (sulfide) groups is 1. The first kappa shape index (κ1) is 19.4. The summed E-state index contributed by atoms with van der Waals surface area (Å²) in [6.45, 7) is 5.70. The number of carbonyl (C=O) groups excluding carboxylic acids is 1. The summed E-state index contributed by atoms with van der Waals surface area (Å²) in [5.74, 6) is 1.64. The van der Waals surface area contributed by atoms with Gasteiger partial charge < -0.3 is 19.7 Å². The van der Waals surface area contributed by atoms with Crippen LogP contribution in [0, 0.1) is 0 Å². The normalized spacial score (nSPS) is 19.6. The van der Waals surface area contributed by atoms with Crippen molar-refractivity contribution < 1.29 is 14.3 Å². The predicted molar refractivity (Wildman–Crippen MR) is 107 cm³/mol. The second kappa shape index (κ2) is 9.05. The monoisotopic (exact) mass is 388 g/mol. The minimum Gasteiger partial charge on any atom is -0.495 e. The molecule has 0 spiro atoms. The maximum Gasteiger partial charge on any atom is 0.234 e. The van der Waals surface area contributed by atoms with Crippen molar-refractivity contribution in [3.8, 4) is 5.75 Å². The Balaban J connectivity index is 1.59. The minimum absolute atomic E-state index is 0.113. The summed E-state index contributed by atoms with van der Waals surface area (Å²) >= 11 is 1.38. The number of methoxy groups -OCH3 is 1. The van der Waals surface area contributed by atoms with Crippen molar-refractivity contribution >= 4 is 29.2 Å². The Morgan fingerprint density at radius 1 is 1.30 bits per heavy atom. The van der Waals surface area contributed by atoms with E-state index in [0.29, 0.717) is 11.4 Å². The molecule has 1 N–H and O–H groups in total. The van der Waals surface area contributed by atoms with Gasteiger partial charge in [-0.1, -0.05) is 23.9 Å². The number of carbonyl (C=O) groups is 1. The fourth-order valence-corrected chi connectivity index (χ4v) is 3.68. The van der Waals surface area contributed by atoms with Gasteiger partial charge in [-0.3, -0.25) is 4.79 Å². The average molecular weight is 388 g/mol. The maximum absolute atomic E-state index is 12.3. The lowest BCUT2D eigenvalue weighted by molar-refractivity contribution is -0.113. The number of benzene rings is 1. The summed E-state index contributed by atoms with van der Waals surface area (Å²) in [5, 5.41) is 3.63. The van der Waals surface area contributed by atoms with Crippen LogP contribution in [0.25, 0.3) is 0 Å². The van der Waals surface area contributed by atoms with Gasteiger partial charge >= 0.3 is 0 Å². The molecular formula is C19H24N4O3S. The molecule has 8 heteroatoms. The molecule has 1 aliphatic heterocycles.